The van der Waals surface area contributed by atoms with E-state index in [1.165, 1.54) is 18.2 Å². The van der Waals surface area contributed by atoms with Crippen molar-refractivity contribution in [3.05, 3.63) is 56.8 Å². The minimum Gasteiger partial charge on any atom is -0.494 e. The smallest absolute Gasteiger partial charge is 0.337 e. The maximum absolute atomic E-state index is 12.0. The summed E-state index contributed by atoms with van der Waals surface area (Å²) in [6.45, 7) is 0. The van der Waals surface area contributed by atoms with Gasteiger partial charge in [-0.05, 0) is 12.1 Å². The lowest BCUT2D eigenvalue weighted by Crippen LogP contribution is -2.18. The number of aromatic hydroxyl groups is 1. The van der Waals surface area contributed by atoms with Gasteiger partial charge in [-0.1, -0.05) is 17.7 Å². The quantitative estimate of drug-likeness (QED) is 0.687. The van der Waals surface area contributed by atoms with Crippen LogP contribution in [0.15, 0.2) is 35.1 Å². The number of rotatable bonds is 3. The fraction of sp³-hybridized carbons (Fsp3) is 0. The Hall–Kier alpha value is -2.80. The van der Waals surface area contributed by atoms with E-state index in [0.29, 0.717) is 0 Å². The normalized spacial score (nSPS) is 10.1. The Morgan fingerprint density at radius 1 is 1.24 bits per heavy atom. The molecule has 0 bridgehead atoms. The van der Waals surface area contributed by atoms with Crippen molar-refractivity contribution in [3.63, 3.8) is 0 Å². The number of carboxylic acids is 1. The van der Waals surface area contributed by atoms with Gasteiger partial charge in [0.2, 0.25) is 0 Å². The molecule has 21 heavy (non-hydrogen) atoms. The van der Waals surface area contributed by atoms with E-state index in [-0.39, 0.29) is 21.8 Å². The highest BCUT2D eigenvalue weighted by Crippen LogP contribution is 2.26. The van der Waals surface area contributed by atoms with E-state index in [4.69, 9.17) is 16.7 Å². The molecule has 0 aliphatic carbocycles. The molecule has 1 aromatic carbocycles. The molecule has 1 amide bonds. The van der Waals surface area contributed by atoms with Gasteiger partial charge in [-0.15, -0.1) is 0 Å². The predicted molar refractivity (Wildman–Crippen MR) is 75.1 cm³/mol. The van der Waals surface area contributed by atoms with Crippen LogP contribution in [0.2, 0.25) is 5.02 Å². The highest BCUT2D eigenvalue weighted by Gasteiger charge is 2.17. The van der Waals surface area contributed by atoms with Crippen molar-refractivity contribution in [2.45, 2.75) is 0 Å². The van der Waals surface area contributed by atoms with Crippen molar-refractivity contribution in [3.8, 4) is 5.88 Å². The largest absolute Gasteiger partial charge is 0.494 e. The number of halogens is 1. The van der Waals surface area contributed by atoms with E-state index < -0.39 is 23.3 Å². The number of hydrogen-bond donors (Lipinski definition) is 4. The number of nitrogens with one attached hydrogen (secondary N) is 2. The minimum atomic E-state index is -1.26. The number of aromatic nitrogens is 1. The molecule has 7 nitrogen and oxygen atoms in total. The summed E-state index contributed by atoms with van der Waals surface area (Å²) in [5, 5.41) is 20.7. The number of anilines is 1. The molecule has 0 radical (unpaired) electrons. The van der Waals surface area contributed by atoms with Crippen molar-refractivity contribution in [1.29, 1.82) is 0 Å². The van der Waals surface area contributed by atoms with E-state index in [0.717, 1.165) is 12.1 Å². The number of carbonyl (C=O) groups excluding carboxylic acids is 1. The Morgan fingerprint density at radius 3 is 2.57 bits per heavy atom. The number of para-hydroxylation sites is 1. The highest BCUT2D eigenvalue weighted by atomic mass is 35.5. The topological polar surface area (TPSA) is 119 Å². The number of pyridine rings is 1. The summed E-state index contributed by atoms with van der Waals surface area (Å²) in [5.74, 6) is -2.51. The van der Waals surface area contributed by atoms with Crippen LogP contribution in [0.4, 0.5) is 5.69 Å². The summed E-state index contributed by atoms with van der Waals surface area (Å²) in [5.41, 5.74) is -1.08. The fourth-order valence-corrected chi connectivity index (χ4v) is 1.90. The zero-order valence-corrected chi connectivity index (χ0v) is 11.1. The van der Waals surface area contributed by atoms with Gasteiger partial charge < -0.3 is 15.5 Å². The lowest BCUT2D eigenvalue weighted by Gasteiger charge is -2.10. The van der Waals surface area contributed by atoms with Crippen molar-refractivity contribution < 1.29 is 19.8 Å². The molecular formula is C13H9ClN2O5. The summed E-state index contributed by atoms with van der Waals surface area (Å²) >= 11 is 5.87. The van der Waals surface area contributed by atoms with Crippen molar-refractivity contribution >= 4 is 29.2 Å². The monoisotopic (exact) mass is 308 g/mol. The SMILES string of the molecule is O=C(Nc1c(Cl)cccc1C(=O)O)c1cc(O)[nH]c(=O)c1. The number of aromatic carboxylic acids is 1. The molecular weight excluding hydrogens is 300 g/mol. The Morgan fingerprint density at radius 2 is 1.95 bits per heavy atom. The molecule has 0 aliphatic heterocycles. The van der Waals surface area contributed by atoms with Crippen LogP contribution in [0.3, 0.4) is 0 Å². The van der Waals surface area contributed by atoms with Crippen molar-refractivity contribution in [2.75, 3.05) is 5.32 Å². The molecule has 2 rings (SSSR count). The first-order chi connectivity index (χ1) is 9.88. The maximum atomic E-state index is 12.0. The molecule has 0 spiro atoms. The van der Waals surface area contributed by atoms with E-state index in [2.05, 4.69) is 10.3 Å². The van der Waals surface area contributed by atoms with E-state index in [9.17, 15) is 19.5 Å². The van der Waals surface area contributed by atoms with Gasteiger partial charge in [-0.3, -0.25) is 14.6 Å². The summed E-state index contributed by atoms with van der Waals surface area (Å²) in [7, 11) is 0. The third-order valence-corrected chi connectivity index (χ3v) is 2.89. The van der Waals surface area contributed by atoms with Gasteiger partial charge in [-0.2, -0.15) is 0 Å². The second kappa shape index (κ2) is 5.68. The van der Waals surface area contributed by atoms with E-state index in [1.54, 1.807) is 0 Å². The van der Waals surface area contributed by atoms with Gasteiger partial charge in [-0.25, -0.2) is 4.79 Å². The molecule has 1 heterocycles. The molecule has 8 heteroatoms. The molecule has 0 fully saturated rings. The maximum Gasteiger partial charge on any atom is 0.337 e. The Labute approximate surface area is 122 Å². The van der Waals surface area contributed by atoms with Crippen molar-refractivity contribution in [2.24, 2.45) is 0 Å². The first-order valence-electron chi connectivity index (χ1n) is 5.65. The number of carbonyl (C=O) groups is 2. The van der Waals surface area contributed by atoms with Crippen LogP contribution in [0.25, 0.3) is 0 Å². The first kappa shape index (κ1) is 14.6. The third-order valence-electron chi connectivity index (χ3n) is 2.57. The zero-order chi connectivity index (χ0) is 15.6. The Kier molecular flexibility index (Phi) is 3.95. The molecule has 2 aromatic rings. The highest BCUT2D eigenvalue weighted by molar-refractivity contribution is 6.34. The molecule has 4 N–H and O–H groups in total. The number of amides is 1. The zero-order valence-electron chi connectivity index (χ0n) is 10.4. The Balaban J connectivity index is 2.40. The van der Waals surface area contributed by atoms with Crippen molar-refractivity contribution in [1.82, 2.24) is 4.98 Å². The standard InChI is InChI=1S/C13H9ClN2O5/c14-8-3-1-2-7(13(20)21)11(8)16-12(19)6-4-9(17)15-10(18)5-6/h1-5H,(H,16,19)(H,20,21)(H2,15,17,18). The summed E-state index contributed by atoms with van der Waals surface area (Å²) in [6, 6.07) is 6.12. The van der Waals surface area contributed by atoms with Crippen LogP contribution < -0.4 is 10.9 Å². The van der Waals surface area contributed by atoms with Crippen LogP contribution in [0.1, 0.15) is 20.7 Å². The number of aromatic amines is 1. The second-order valence-corrected chi connectivity index (χ2v) is 4.45. The molecule has 108 valence electrons. The molecule has 0 saturated carbocycles. The average Bonchev–Trinajstić information content (AvgIpc) is 2.39. The van der Waals surface area contributed by atoms with Gasteiger partial charge in [0.15, 0.2) is 5.88 Å². The number of hydrogen-bond acceptors (Lipinski definition) is 4. The third kappa shape index (κ3) is 3.21. The molecule has 0 aliphatic rings. The summed E-state index contributed by atoms with van der Waals surface area (Å²) < 4.78 is 0. The van der Waals surface area contributed by atoms with Crippen LogP contribution in [0.5, 0.6) is 5.88 Å². The lowest BCUT2D eigenvalue weighted by molar-refractivity contribution is 0.0698. The van der Waals surface area contributed by atoms with Gasteiger partial charge >= 0.3 is 5.97 Å². The van der Waals surface area contributed by atoms with Gasteiger partial charge in [0.1, 0.15) is 0 Å². The average molecular weight is 309 g/mol. The van der Waals surface area contributed by atoms with Crippen LogP contribution >= 0.6 is 11.6 Å². The molecule has 0 saturated heterocycles. The van der Waals surface area contributed by atoms with Gasteiger partial charge in [0, 0.05) is 12.1 Å². The van der Waals surface area contributed by atoms with Crippen LogP contribution in [-0.2, 0) is 0 Å². The minimum absolute atomic E-state index is 0.0392. The molecule has 0 unspecified atom stereocenters. The number of carboxylic acid groups (broad SMARTS) is 1. The molecule has 1 aromatic heterocycles. The first-order valence-corrected chi connectivity index (χ1v) is 6.03. The fourth-order valence-electron chi connectivity index (χ4n) is 1.67. The number of benzene rings is 1. The van der Waals surface area contributed by atoms with Crippen LogP contribution in [-0.4, -0.2) is 27.1 Å². The summed E-state index contributed by atoms with van der Waals surface area (Å²) in [6.07, 6.45) is 0. The molecule has 0 atom stereocenters. The lowest BCUT2D eigenvalue weighted by atomic mass is 10.1. The van der Waals surface area contributed by atoms with E-state index in [1.807, 2.05) is 0 Å². The van der Waals surface area contributed by atoms with E-state index >= 15 is 0 Å². The number of H-pyrrole nitrogens is 1. The van der Waals surface area contributed by atoms with Gasteiger partial charge in [0.05, 0.1) is 21.8 Å². The van der Waals surface area contributed by atoms with Gasteiger partial charge in [0.25, 0.3) is 11.5 Å². The summed E-state index contributed by atoms with van der Waals surface area (Å²) in [4.78, 5) is 36.4. The Bertz CT molecular complexity index is 784. The predicted octanol–water partition coefficient (Wildman–Crippen LogP) is 1.68. The second-order valence-electron chi connectivity index (χ2n) is 4.04. The van der Waals surface area contributed by atoms with Crippen LogP contribution in [0, 0.1) is 0 Å².